The molecule has 1 fully saturated rings. The average molecular weight is 240 g/mol. The molecule has 1 aromatic rings. The summed E-state index contributed by atoms with van der Waals surface area (Å²) >= 11 is 11.5. The van der Waals surface area contributed by atoms with Gasteiger partial charge in [0.05, 0.1) is 22.0 Å². The van der Waals surface area contributed by atoms with Crippen LogP contribution >= 0.6 is 23.2 Å². The van der Waals surface area contributed by atoms with Crippen LogP contribution in [0.15, 0.2) is 18.2 Å². The smallest absolute Gasteiger partial charge is 0.167 e. The molecule has 0 aliphatic heterocycles. The molecule has 76 valence electrons. The van der Waals surface area contributed by atoms with Gasteiger partial charge in [-0.3, -0.25) is 4.79 Å². The number of Topliss-reactive ketones (excluding diaryl/α,β-unsaturated/α-hetero) is 1. The van der Waals surface area contributed by atoms with Crippen LogP contribution in [0.5, 0.6) is 0 Å². The van der Waals surface area contributed by atoms with E-state index in [1.165, 1.54) is 0 Å². The summed E-state index contributed by atoms with van der Waals surface area (Å²) in [5.41, 5.74) is 0.534. The molecular weight excluding hydrogens is 233 g/mol. The molecule has 0 bridgehead atoms. The molecule has 0 radical (unpaired) electrons. The van der Waals surface area contributed by atoms with Crippen LogP contribution in [0.3, 0.4) is 0 Å². The molecule has 0 N–H and O–H groups in total. The molecule has 4 heteroatoms. The van der Waals surface area contributed by atoms with Crippen LogP contribution in [0.4, 0.5) is 0 Å². The van der Waals surface area contributed by atoms with Crippen LogP contribution in [0.25, 0.3) is 0 Å². The topological polar surface area (TPSA) is 40.9 Å². The van der Waals surface area contributed by atoms with Gasteiger partial charge >= 0.3 is 0 Å². The fourth-order valence-corrected chi connectivity index (χ4v) is 1.79. The van der Waals surface area contributed by atoms with E-state index in [-0.39, 0.29) is 17.6 Å². The second-order valence-corrected chi connectivity index (χ2v) is 4.39. The third-order valence-corrected chi connectivity index (χ3v) is 3.24. The van der Waals surface area contributed by atoms with Crippen LogP contribution in [0, 0.1) is 23.2 Å². The number of carbonyl (C=O) groups is 1. The monoisotopic (exact) mass is 239 g/mol. The van der Waals surface area contributed by atoms with Crippen LogP contribution in [-0.2, 0) is 0 Å². The molecule has 1 aromatic carbocycles. The third-order valence-electron chi connectivity index (χ3n) is 2.50. The summed E-state index contributed by atoms with van der Waals surface area (Å²) in [6.07, 6.45) is 0.662. The molecule has 2 atom stereocenters. The Labute approximate surface area is 97.4 Å². The minimum atomic E-state index is -0.146. The largest absolute Gasteiger partial charge is 0.294 e. The van der Waals surface area contributed by atoms with Crippen LogP contribution in [0.1, 0.15) is 16.8 Å². The van der Waals surface area contributed by atoms with Crippen molar-refractivity contribution in [3.05, 3.63) is 33.8 Å². The summed E-state index contributed by atoms with van der Waals surface area (Å²) in [7, 11) is 0. The number of halogens is 2. The van der Waals surface area contributed by atoms with E-state index in [2.05, 4.69) is 6.07 Å². The molecule has 1 aliphatic rings. The van der Waals surface area contributed by atoms with Gasteiger partial charge in [-0.1, -0.05) is 23.2 Å². The first kappa shape index (κ1) is 10.5. The molecule has 1 aliphatic carbocycles. The fraction of sp³-hybridized carbons (Fsp3) is 0.273. The quantitative estimate of drug-likeness (QED) is 0.744. The van der Waals surface area contributed by atoms with E-state index in [4.69, 9.17) is 28.5 Å². The van der Waals surface area contributed by atoms with Gasteiger partial charge in [-0.25, -0.2) is 0 Å². The molecule has 0 amide bonds. The standard InChI is InChI=1S/C11H7Cl2NO/c12-9-2-1-6(4-10(9)13)11(15)8-3-7(8)5-14/h1-2,4,7-8H,3H2. The maximum absolute atomic E-state index is 11.8. The molecule has 2 rings (SSSR count). The molecule has 0 aromatic heterocycles. The van der Waals surface area contributed by atoms with Gasteiger partial charge in [0.1, 0.15) is 0 Å². The highest BCUT2D eigenvalue weighted by molar-refractivity contribution is 6.42. The van der Waals surface area contributed by atoms with Crippen LogP contribution in [-0.4, -0.2) is 5.78 Å². The van der Waals surface area contributed by atoms with Crippen molar-refractivity contribution in [2.45, 2.75) is 6.42 Å². The second kappa shape index (κ2) is 3.84. The number of ketones is 1. The summed E-state index contributed by atoms with van der Waals surface area (Å²) in [5, 5.41) is 9.42. The van der Waals surface area contributed by atoms with E-state index in [1.807, 2.05) is 0 Å². The van der Waals surface area contributed by atoms with Gasteiger partial charge < -0.3 is 0 Å². The minimum absolute atomic E-state index is 0.0138. The van der Waals surface area contributed by atoms with E-state index in [0.29, 0.717) is 22.0 Å². The zero-order valence-electron chi connectivity index (χ0n) is 7.71. The predicted octanol–water partition coefficient (Wildman–Crippen LogP) is 3.34. The van der Waals surface area contributed by atoms with E-state index in [1.54, 1.807) is 18.2 Å². The van der Waals surface area contributed by atoms with Crippen molar-refractivity contribution >= 4 is 29.0 Å². The van der Waals surface area contributed by atoms with Crippen molar-refractivity contribution in [1.82, 2.24) is 0 Å². The SMILES string of the molecule is N#CC1CC1C(=O)c1ccc(Cl)c(Cl)c1. The van der Waals surface area contributed by atoms with Crippen molar-refractivity contribution in [2.75, 3.05) is 0 Å². The lowest BCUT2D eigenvalue weighted by Gasteiger charge is -2.00. The number of hydrogen-bond acceptors (Lipinski definition) is 2. The molecule has 15 heavy (non-hydrogen) atoms. The van der Waals surface area contributed by atoms with Gasteiger partial charge in [-0.15, -0.1) is 0 Å². The lowest BCUT2D eigenvalue weighted by molar-refractivity contribution is 0.0964. The van der Waals surface area contributed by atoms with Crippen molar-refractivity contribution in [3.63, 3.8) is 0 Å². The number of hydrogen-bond donors (Lipinski definition) is 0. The summed E-state index contributed by atoms with van der Waals surface area (Å²) in [6, 6.07) is 6.88. The molecular formula is C11H7Cl2NO. The highest BCUT2D eigenvalue weighted by Crippen LogP contribution is 2.40. The zero-order valence-corrected chi connectivity index (χ0v) is 9.22. The van der Waals surface area contributed by atoms with E-state index >= 15 is 0 Å². The average Bonchev–Trinajstić information content (AvgIpc) is 3.00. The van der Waals surface area contributed by atoms with Gasteiger partial charge in [0.25, 0.3) is 0 Å². The normalized spacial score (nSPS) is 23.3. The molecule has 0 saturated heterocycles. The second-order valence-electron chi connectivity index (χ2n) is 3.57. The summed E-state index contributed by atoms with van der Waals surface area (Å²) in [6.45, 7) is 0. The Kier molecular flexibility index (Phi) is 2.68. The first-order valence-electron chi connectivity index (χ1n) is 4.52. The van der Waals surface area contributed by atoms with Gasteiger partial charge in [0.15, 0.2) is 5.78 Å². The fourth-order valence-electron chi connectivity index (χ4n) is 1.49. The van der Waals surface area contributed by atoms with Crippen molar-refractivity contribution in [1.29, 1.82) is 5.26 Å². The van der Waals surface area contributed by atoms with Crippen molar-refractivity contribution in [3.8, 4) is 6.07 Å². The minimum Gasteiger partial charge on any atom is -0.294 e. The summed E-state index contributed by atoms with van der Waals surface area (Å²) in [5.74, 6) is -0.278. The van der Waals surface area contributed by atoms with Crippen LogP contribution < -0.4 is 0 Å². The van der Waals surface area contributed by atoms with E-state index in [9.17, 15) is 4.79 Å². The van der Waals surface area contributed by atoms with Gasteiger partial charge in [-0.05, 0) is 24.6 Å². The molecule has 2 unspecified atom stereocenters. The van der Waals surface area contributed by atoms with Crippen LogP contribution in [0.2, 0.25) is 10.0 Å². The third kappa shape index (κ3) is 1.99. The molecule has 0 heterocycles. The Bertz CT molecular complexity index is 464. The number of nitrogens with zero attached hydrogens (tertiary/aromatic N) is 1. The highest BCUT2D eigenvalue weighted by atomic mass is 35.5. The van der Waals surface area contributed by atoms with Gasteiger partial charge in [-0.2, -0.15) is 5.26 Å². The summed E-state index contributed by atoms with van der Waals surface area (Å²) < 4.78 is 0. The van der Waals surface area contributed by atoms with Crippen molar-refractivity contribution < 1.29 is 4.79 Å². The number of nitriles is 1. The lowest BCUT2D eigenvalue weighted by Crippen LogP contribution is -2.02. The van der Waals surface area contributed by atoms with Gasteiger partial charge in [0.2, 0.25) is 0 Å². The Hall–Kier alpha value is -1.04. The van der Waals surface area contributed by atoms with E-state index < -0.39 is 0 Å². The lowest BCUT2D eigenvalue weighted by atomic mass is 10.1. The maximum Gasteiger partial charge on any atom is 0.167 e. The van der Waals surface area contributed by atoms with Gasteiger partial charge in [0, 0.05) is 11.5 Å². The first-order chi connectivity index (χ1) is 7.13. The number of carbonyl (C=O) groups excluding carboxylic acids is 1. The maximum atomic E-state index is 11.8. The van der Waals surface area contributed by atoms with E-state index in [0.717, 1.165) is 0 Å². The first-order valence-corrected chi connectivity index (χ1v) is 5.28. The Morgan fingerprint density at radius 3 is 2.67 bits per heavy atom. The highest BCUT2D eigenvalue weighted by Gasteiger charge is 2.43. The molecule has 1 saturated carbocycles. The Morgan fingerprint density at radius 2 is 2.13 bits per heavy atom. The number of benzene rings is 1. The summed E-state index contributed by atoms with van der Waals surface area (Å²) in [4.78, 5) is 11.8. The Balaban J connectivity index is 2.21. The zero-order chi connectivity index (χ0) is 11.0. The number of rotatable bonds is 2. The molecule has 0 spiro atoms. The predicted molar refractivity (Wildman–Crippen MR) is 58.0 cm³/mol. The van der Waals surface area contributed by atoms with Crippen molar-refractivity contribution in [2.24, 2.45) is 11.8 Å². The molecule has 2 nitrogen and oxygen atoms in total. The Morgan fingerprint density at radius 1 is 1.40 bits per heavy atom.